The zero-order valence-electron chi connectivity index (χ0n) is 9.76. The van der Waals surface area contributed by atoms with Gasteiger partial charge >= 0.3 is 5.97 Å². The number of hydrogen-bond acceptors (Lipinski definition) is 2. The Morgan fingerprint density at radius 2 is 1.93 bits per heavy atom. The van der Waals surface area contributed by atoms with Crippen molar-refractivity contribution in [3.05, 3.63) is 23.4 Å². The van der Waals surface area contributed by atoms with Crippen LogP contribution in [0.3, 0.4) is 0 Å². The van der Waals surface area contributed by atoms with Crippen LogP contribution in [-0.4, -0.2) is 20.7 Å². The summed E-state index contributed by atoms with van der Waals surface area (Å²) in [5, 5.41) is 0. The summed E-state index contributed by atoms with van der Waals surface area (Å²) >= 11 is 0. The Balaban J connectivity index is 4.25. The van der Waals surface area contributed by atoms with Gasteiger partial charge in [0.25, 0.3) is 0 Å². The van der Waals surface area contributed by atoms with Gasteiger partial charge in [0.1, 0.15) is 0 Å². The largest absolute Gasteiger partial charge is 0.463 e. The lowest BCUT2D eigenvalue weighted by molar-refractivity contribution is -0.138. The summed E-state index contributed by atoms with van der Waals surface area (Å²) in [6.07, 6.45) is 3.77. The average molecular weight is 212 g/mol. The highest BCUT2D eigenvalue weighted by Crippen LogP contribution is 2.03. The number of hydrogen-bond donors (Lipinski definition) is 0. The molecule has 0 aromatic rings. The maximum atomic E-state index is 11.2. The third-order valence-electron chi connectivity index (χ3n) is 1.54. The molecular formula is C11H20O2Si. The summed E-state index contributed by atoms with van der Waals surface area (Å²) in [7, 11) is -1.15. The van der Waals surface area contributed by atoms with Crippen LogP contribution >= 0.6 is 0 Å². The minimum absolute atomic E-state index is 0.229. The van der Waals surface area contributed by atoms with Gasteiger partial charge in [-0.25, -0.2) is 4.79 Å². The van der Waals surface area contributed by atoms with Crippen LogP contribution in [-0.2, 0) is 9.53 Å². The van der Waals surface area contributed by atoms with E-state index in [-0.39, 0.29) is 5.97 Å². The van der Waals surface area contributed by atoms with Crippen molar-refractivity contribution >= 4 is 14.0 Å². The zero-order valence-corrected chi connectivity index (χ0v) is 10.8. The van der Waals surface area contributed by atoms with E-state index < -0.39 is 8.07 Å². The first-order valence-electron chi connectivity index (χ1n) is 4.90. The van der Waals surface area contributed by atoms with Crippen LogP contribution in [0.1, 0.15) is 13.8 Å². The van der Waals surface area contributed by atoms with E-state index in [0.29, 0.717) is 12.2 Å². The molecule has 0 saturated heterocycles. The smallest absolute Gasteiger partial charge is 0.333 e. The normalized spacial score (nSPS) is 13.4. The van der Waals surface area contributed by atoms with E-state index in [0.717, 1.165) is 0 Å². The van der Waals surface area contributed by atoms with E-state index >= 15 is 0 Å². The van der Waals surface area contributed by atoms with E-state index in [9.17, 15) is 4.79 Å². The van der Waals surface area contributed by atoms with Gasteiger partial charge in [0.15, 0.2) is 0 Å². The van der Waals surface area contributed by atoms with Crippen molar-refractivity contribution in [2.45, 2.75) is 33.5 Å². The van der Waals surface area contributed by atoms with Gasteiger partial charge < -0.3 is 4.74 Å². The number of allylic oxidation sites excluding steroid dienone is 2. The molecule has 80 valence electrons. The first-order valence-corrected chi connectivity index (χ1v) is 8.48. The predicted molar refractivity (Wildman–Crippen MR) is 62.9 cm³/mol. The van der Waals surface area contributed by atoms with Gasteiger partial charge in [-0.05, 0) is 13.8 Å². The molecule has 0 aliphatic heterocycles. The fourth-order valence-electron chi connectivity index (χ4n) is 0.794. The Morgan fingerprint density at radius 1 is 1.36 bits per heavy atom. The van der Waals surface area contributed by atoms with Crippen molar-refractivity contribution in [1.82, 2.24) is 0 Å². The van der Waals surface area contributed by atoms with E-state index in [1.54, 1.807) is 6.92 Å². The fraction of sp³-hybridized carbons (Fsp3) is 0.545. The fourth-order valence-corrected chi connectivity index (χ4v) is 1.47. The molecular weight excluding hydrogens is 192 g/mol. The van der Waals surface area contributed by atoms with Crippen LogP contribution < -0.4 is 0 Å². The van der Waals surface area contributed by atoms with Gasteiger partial charge in [-0.1, -0.05) is 37.5 Å². The molecule has 0 saturated carbocycles. The van der Waals surface area contributed by atoms with E-state index in [2.05, 4.69) is 25.3 Å². The monoisotopic (exact) mass is 212 g/mol. The Hall–Kier alpha value is -0.833. The summed E-state index contributed by atoms with van der Waals surface area (Å²) in [6.45, 7) is 10.8. The quantitative estimate of drug-likeness (QED) is 0.310. The van der Waals surface area contributed by atoms with Crippen molar-refractivity contribution in [2.24, 2.45) is 0 Å². The molecule has 0 unspecified atom stereocenters. The molecule has 0 N–H and O–H groups in total. The Kier molecular flexibility index (Phi) is 5.46. The number of carbonyl (C=O) groups excluding carboxylic acids is 1. The molecule has 0 bridgehead atoms. The summed E-state index contributed by atoms with van der Waals surface area (Å²) in [5.74, 6) is -0.229. The van der Waals surface area contributed by atoms with Crippen molar-refractivity contribution in [3.8, 4) is 0 Å². The first kappa shape index (κ1) is 13.2. The van der Waals surface area contributed by atoms with Gasteiger partial charge in [0, 0.05) is 5.57 Å². The van der Waals surface area contributed by atoms with E-state index in [4.69, 9.17) is 4.74 Å². The highest BCUT2D eigenvalue weighted by atomic mass is 28.3. The number of esters is 1. The highest BCUT2D eigenvalue weighted by Gasteiger charge is 2.06. The molecule has 0 aliphatic rings. The van der Waals surface area contributed by atoms with Crippen molar-refractivity contribution < 1.29 is 9.53 Å². The molecule has 0 aromatic heterocycles. The lowest BCUT2D eigenvalue weighted by atomic mass is 10.3. The number of carbonyl (C=O) groups is 1. The average Bonchev–Trinajstić information content (AvgIpc) is 2.02. The molecule has 14 heavy (non-hydrogen) atoms. The zero-order chi connectivity index (χ0) is 11.2. The minimum atomic E-state index is -1.15. The molecule has 0 fully saturated rings. The van der Waals surface area contributed by atoms with Crippen LogP contribution in [0.15, 0.2) is 23.4 Å². The Labute approximate surface area is 87.7 Å². The van der Waals surface area contributed by atoms with Crippen molar-refractivity contribution in [3.63, 3.8) is 0 Å². The molecule has 0 aliphatic carbocycles. The SMILES string of the molecule is CCOC(=O)/C(C)=C\C=C\[Si](C)(C)C. The second-order valence-electron chi connectivity index (χ2n) is 4.30. The molecule has 2 nitrogen and oxygen atoms in total. The van der Waals surface area contributed by atoms with Gasteiger partial charge in [-0.15, -0.1) is 0 Å². The summed E-state index contributed by atoms with van der Waals surface area (Å²) in [4.78, 5) is 11.2. The van der Waals surface area contributed by atoms with Crippen LogP contribution in [0.4, 0.5) is 0 Å². The highest BCUT2D eigenvalue weighted by molar-refractivity contribution is 6.81. The minimum Gasteiger partial charge on any atom is -0.463 e. The number of rotatable bonds is 4. The maximum absolute atomic E-state index is 11.2. The maximum Gasteiger partial charge on any atom is 0.333 e. The molecule has 0 heterocycles. The van der Waals surface area contributed by atoms with Crippen LogP contribution in [0.25, 0.3) is 0 Å². The van der Waals surface area contributed by atoms with Crippen LogP contribution in [0, 0.1) is 0 Å². The van der Waals surface area contributed by atoms with Crippen LogP contribution in [0.5, 0.6) is 0 Å². The third-order valence-corrected chi connectivity index (χ3v) is 2.73. The molecule has 0 aromatic carbocycles. The molecule has 0 radical (unpaired) electrons. The topological polar surface area (TPSA) is 26.3 Å². The first-order chi connectivity index (χ1) is 6.37. The predicted octanol–water partition coefficient (Wildman–Crippen LogP) is 2.93. The summed E-state index contributed by atoms with van der Waals surface area (Å²) < 4.78 is 4.86. The van der Waals surface area contributed by atoms with Crippen LogP contribution in [0.2, 0.25) is 19.6 Å². The third kappa shape index (κ3) is 6.66. The molecule has 0 atom stereocenters. The van der Waals surface area contributed by atoms with Gasteiger partial charge in [0.05, 0.1) is 14.7 Å². The summed E-state index contributed by atoms with van der Waals surface area (Å²) in [6, 6.07) is 0. The standard InChI is InChI=1S/C11H20O2Si/c1-6-13-11(12)10(2)8-7-9-14(3,4)5/h7-9H,6H2,1-5H3/b9-7+,10-8-. The molecule has 0 spiro atoms. The molecule has 0 amide bonds. The van der Waals surface area contributed by atoms with E-state index in [1.807, 2.05) is 19.1 Å². The lowest BCUT2D eigenvalue weighted by Gasteiger charge is -2.07. The second kappa shape index (κ2) is 5.80. The van der Waals surface area contributed by atoms with E-state index in [1.165, 1.54) is 0 Å². The van der Waals surface area contributed by atoms with Gasteiger partial charge in [0.2, 0.25) is 0 Å². The second-order valence-corrected chi connectivity index (χ2v) is 9.36. The number of ether oxygens (including phenoxy) is 1. The van der Waals surface area contributed by atoms with Gasteiger partial charge in [-0.2, -0.15) is 0 Å². The lowest BCUT2D eigenvalue weighted by Crippen LogP contribution is -2.15. The Morgan fingerprint density at radius 3 is 2.36 bits per heavy atom. The molecule has 0 rings (SSSR count). The Bertz CT molecular complexity index is 247. The molecule has 3 heteroatoms. The van der Waals surface area contributed by atoms with Gasteiger partial charge in [-0.3, -0.25) is 0 Å². The van der Waals surface area contributed by atoms with Crippen molar-refractivity contribution in [1.29, 1.82) is 0 Å². The summed E-state index contributed by atoms with van der Waals surface area (Å²) in [5.41, 5.74) is 2.84. The van der Waals surface area contributed by atoms with Crippen molar-refractivity contribution in [2.75, 3.05) is 6.61 Å².